The first-order chi connectivity index (χ1) is 5.04. The Labute approximate surface area is 81.1 Å². The lowest BCUT2D eigenvalue weighted by atomic mass is 9.85. The molecule has 6 heteroatoms. The molecule has 1 aliphatic carbocycles. The minimum absolute atomic E-state index is 0. The zero-order valence-corrected chi connectivity index (χ0v) is 8.21. The Morgan fingerprint density at radius 3 is 1.50 bits per heavy atom. The molecule has 0 amide bonds. The maximum atomic E-state index is 9.14. The minimum Gasteiger partial charge on any atom is -0.389 e. The maximum absolute atomic E-state index is 9.14. The molecule has 1 rings (SSSR count). The summed E-state index contributed by atoms with van der Waals surface area (Å²) in [6, 6.07) is -1.08. The summed E-state index contributed by atoms with van der Waals surface area (Å²) < 4.78 is 0. The summed E-state index contributed by atoms with van der Waals surface area (Å²) in [7, 11) is 0. The van der Waals surface area contributed by atoms with Crippen LogP contribution < -0.4 is 11.5 Å². The molecule has 74 valence electrons. The van der Waals surface area contributed by atoms with E-state index < -0.39 is 30.4 Å². The lowest BCUT2D eigenvalue weighted by molar-refractivity contribution is -0.100. The van der Waals surface area contributed by atoms with Crippen LogP contribution in [0.15, 0.2) is 0 Å². The van der Waals surface area contributed by atoms with Crippen molar-refractivity contribution < 1.29 is 15.3 Å². The third-order valence-corrected chi connectivity index (χ3v) is 2.12. The molecule has 1 aliphatic rings. The molecule has 0 aliphatic heterocycles. The van der Waals surface area contributed by atoms with Crippen LogP contribution in [0.3, 0.4) is 0 Å². The van der Waals surface area contributed by atoms with Crippen molar-refractivity contribution in [1.29, 1.82) is 0 Å². The van der Waals surface area contributed by atoms with Crippen LogP contribution in [0.25, 0.3) is 0 Å². The highest BCUT2D eigenvalue weighted by Crippen LogP contribution is 2.17. The minimum atomic E-state index is -1.21. The van der Waals surface area contributed by atoms with E-state index in [9.17, 15) is 0 Å². The highest BCUT2D eigenvalue weighted by molar-refractivity contribution is 8.93. The summed E-state index contributed by atoms with van der Waals surface area (Å²) in [5.41, 5.74) is 10.8. The average molecular weight is 243 g/mol. The van der Waals surface area contributed by atoms with Crippen molar-refractivity contribution in [3.05, 3.63) is 0 Å². The molecule has 1 unspecified atom stereocenters. The Balaban J connectivity index is 0.00000121. The van der Waals surface area contributed by atoms with Gasteiger partial charge >= 0.3 is 0 Å². The Bertz CT molecular complexity index is 135. The van der Waals surface area contributed by atoms with Crippen LogP contribution in [0.1, 0.15) is 6.42 Å². The van der Waals surface area contributed by atoms with Crippen LogP contribution in [0, 0.1) is 0 Å². The van der Waals surface area contributed by atoms with Gasteiger partial charge in [0, 0.05) is 12.1 Å². The van der Waals surface area contributed by atoms with Gasteiger partial charge < -0.3 is 26.8 Å². The summed E-state index contributed by atoms with van der Waals surface area (Å²) in [6.07, 6.45) is -3.01. The van der Waals surface area contributed by atoms with Gasteiger partial charge in [-0.05, 0) is 6.42 Å². The molecular formula is C6H15BrN2O3. The molecular weight excluding hydrogens is 228 g/mol. The van der Waals surface area contributed by atoms with Gasteiger partial charge in [-0.25, -0.2) is 0 Å². The van der Waals surface area contributed by atoms with Gasteiger partial charge in [-0.1, -0.05) is 0 Å². The first-order valence-corrected chi connectivity index (χ1v) is 3.59. The second-order valence-corrected chi connectivity index (χ2v) is 3.04. The topological polar surface area (TPSA) is 113 Å². The van der Waals surface area contributed by atoms with Gasteiger partial charge in [-0.15, -0.1) is 17.0 Å². The van der Waals surface area contributed by atoms with Gasteiger partial charge in [0.2, 0.25) is 0 Å². The fraction of sp³-hybridized carbons (Fsp3) is 1.00. The third-order valence-electron chi connectivity index (χ3n) is 2.12. The normalized spacial score (nSPS) is 48.2. The predicted octanol–water partition coefficient (Wildman–Crippen LogP) is -2.29. The average Bonchev–Trinajstić information content (AvgIpc) is 1.97. The summed E-state index contributed by atoms with van der Waals surface area (Å²) in [4.78, 5) is 0. The molecule has 5 nitrogen and oxygen atoms in total. The Morgan fingerprint density at radius 1 is 0.833 bits per heavy atom. The largest absolute Gasteiger partial charge is 0.389 e. The van der Waals surface area contributed by atoms with Crippen LogP contribution in [0.5, 0.6) is 0 Å². The Hall–Kier alpha value is 0.280. The zero-order chi connectivity index (χ0) is 8.59. The highest BCUT2D eigenvalue weighted by Gasteiger charge is 2.39. The van der Waals surface area contributed by atoms with Crippen molar-refractivity contribution in [3.63, 3.8) is 0 Å². The quantitative estimate of drug-likeness (QED) is 0.328. The van der Waals surface area contributed by atoms with E-state index in [1.165, 1.54) is 0 Å². The molecule has 0 heterocycles. The van der Waals surface area contributed by atoms with Gasteiger partial charge in [-0.3, -0.25) is 0 Å². The molecule has 0 aromatic carbocycles. The number of rotatable bonds is 0. The first-order valence-electron chi connectivity index (χ1n) is 3.59. The van der Waals surface area contributed by atoms with Crippen LogP contribution in [0.4, 0.5) is 0 Å². The second kappa shape index (κ2) is 4.50. The van der Waals surface area contributed by atoms with Crippen LogP contribution in [0.2, 0.25) is 0 Å². The molecule has 0 aromatic heterocycles. The number of aliphatic hydroxyl groups excluding tert-OH is 3. The summed E-state index contributed by atoms with van der Waals surface area (Å²) in [5, 5.41) is 27.4. The van der Waals surface area contributed by atoms with Crippen LogP contribution in [-0.4, -0.2) is 45.7 Å². The highest BCUT2D eigenvalue weighted by atomic mass is 79.9. The molecule has 0 aromatic rings. The number of aliphatic hydroxyl groups is 3. The molecule has 0 spiro atoms. The van der Waals surface area contributed by atoms with E-state index in [0.29, 0.717) is 6.42 Å². The summed E-state index contributed by atoms with van der Waals surface area (Å²) in [6.45, 7) is 0. The van der Waals surface area contributed by atoms with Gasteiger partial charge in [0.1, 0.15) is 6.10 Å². The third kappa shape index (κ3) is 2.15. The van der Waals surface area contributed by atoms with Crippen molar-refractivity contribution in [2.45, 2.75) is 36.8 Å². The lowest BCUT2D eigenvalue weighted by Crippen LogP contribution is -2.61. The fourth-order valence-corrected chi connectivity index (χ4v) is 1.30. The van der Waals surface area contributed by atoms with Crippen molar-refractivity contribution in [2.24, 2.45) is 11.5 Å². The van der Waals surface area contributed by atoms with E-state index in [-0.39, 0.29) is 17.0 Å². The summed E-state index contributed by atoms with van der Waals surface area (Å²) in [5.74, 6) is 0. The zero-order valence-electron chi connectivity index (χ0n) is 6.50. The Kier molecular flexibility index (Phi) is 4.60. The molecule has 1 fully saturated rings. The van der Waals surface area contributed by atoms with Crippen molar-refractivity contribution in [2.75, 3.05) is 0 Å². The molecule has 1 saturated carbocycles. The number of hydrogen-bond acceptors (Lipinski definition) is 5. The van der Waals surface area contributed by atoms with Crippen molar-refractivity contribution in [3.8, 4) is 0 Å². The van der Waals surface area contributed by atoms with Gasteiger partial charge in [0.05, 0.1) is 12.2 Å². The second-order valence-electron chi connectivity index (χ2n) is 3.04. The van der Waals surface area contributed by atoms with Crippen molar-refractivity contribution in [1.82, 2.24) is 0 Å². The molecule has 0 saturated heterocycles. The molecule has 7 N–H and O–H groups in total. The monoisotopic (exact) mass is 242 g/mol. The van der Waals surface area contributed by atoms with E-state index in [1.54, 1.807) is 0 Å². The maximum Gasteiger partial charge on any atom is 0.109 e. The van der Waals surface area contributed by atoms with E-state index in [2.05, 4.69) is 0 Å². The summed E-state index contributed by atoms with van der Waals surface area (Å²) >= 11 is 0. The predicted molar refractivity (Wildman–Crippen MR) is 48.9 cm³/mol. The van der Waals surface area contributed by atoms with Gasteiger partial charge in [0.15, 0.2) is 0 Å². The van der Waals surface area contributed by atoms with E-state index in [4.69, 9.17) is 26.8 Å². The lowest BCUT2D eigenvalue weighted by Gasteiger charge is -2.37. The molecule has 0 radical (unpaired) electrons. The molecule has 0 bridgehead atoms. The van der Waals surface area contributed by atoms with E-state index in [1.807, 2.05) is 0 Å². The Morgan fingerprint density at radius 2 is 1.17 bits per heavy atom. The standard InChI is InChI=1S/C6H14N2O3.BrH/c7-2-1-3(8)5(10)6(11)4(2)9;/h2-6,9-11H,1,7-8H2;1H/t2-,3+,4+,5-,6?;. The van der Waals surface area contributed by atoms with Gasteiger partial charge in [0.25, 0.3) is 0 Å². The fourth-order valence-electron chi connectivity index (χ4n) is 1.30. The number of hydrogen-bond donors (Lipinski definition) is 5. The first kappa shape index (κ1) is 12.3. The molecule has 5 atom stereocenters. The number of nitrogens with two attached hydrogens (primary N) is 2. The van der Waals surface area contributed by atoms with E-state index in [0.717, 1.165) is 0 Å². The van der Waals surface area contributed by atoms with Crippen LogP contribution in [-0.2, 0) is 0 Å². The van der Waals surface area contributed by atoms with Crippen molar-refractivity contribution >= 4 is 17.0 Å². The molecule has 12 heavy (non-hydrogen) atoms. The van der Waals surface area contributed by atoms with Gasteiger partial charge in [-0.2, -0.15) is 0 Å². The number of halogens is 1. The smallest absolute Gasteiger partial charge is 0.109 e. The van der Waals surface area contributed by atoms with Crippen LogP contribution >= 0.6 is 17.0 Å². The SMILES string of the molecule is Br.N[C@@H]1C[C@H](N)[C@@H](O)C(O)[C@H]1O. The van der Waals surface area contributed by atoms with E-state index >= 15 is 0 Å².